The maximum Gasteiger partial charge on any atom is 0.255 e. The lowest BCUT2D eigenvalue weighted by Crippen LogP contribution is -2.11. The van der Waals surface area contributed by atoms with E-state index < -0.39 is 0 Å². The van der Waals surface area contributed by atoms with Crippen LogP contribution in [0.1, 0.15) is 37.0 Å². The zero-order valence-corrected chi connectivity index (χ0v) is 16.1. The molecule has 0 aliphatic rings. The molecule has 0 fully saturated rings. The van der Waals surface area contributed by atoms with Crippen molar-refractivity contribution < 1.29 is 14.3 Å². The lowest BCUT2D eigenvalue weighted by molar-refractivity contribution is -0.116. The van der Waals surface area contributed by atoms with E-state index in [1.165, 1.54) is 11.3 Å². The van der Waals surface area contributed by atoms with Crippen LogP contribution in [0, 0.1) is 0 Å². The van der Waals surface area contributed by atoms with E-state index in [9.17, 15) is 9.59 Å². The maximum atomic E-state index is 12.4. The molecule has 0 aliphatic heterocycles. The third-order valence-electron chi connectivity index (χ3n) is 3.80. The number of nitrogens with one attached hydrogen (secondary N) is 2. The summed E-state index contributed by atoms with van der Waals surface area (Å²) in [6.07, 6.45) is 1.26. The van der Waals surface area contributed by atoms with Crippen LogP contribution in [-0.2, 0) is 4.79 Å². The molecular weight excluding hydrogens is 362 g/mol. The third kappa shape index (κ3) is 4.83. The standard InChI is InChI=1S/C20H21N3O3S/c1-3-5-18(24)23-20-22-16-12-14(8-11-17(16)27-20)21-19(25)13-6-9-15(10-7-13)26-4-2/h6-12H,3-5H2,1-2H3,(H,21,25)(H,22,23,24). The number of carbonyl (C=O) groups is 2. The molecule has 2 aromatic carbocycles. The molecule has 6 nitrogen and oxygen atoms in total. The smallest absolute Gasteiger partial charge is 0.255 e. The van der Waals surface area contributed by atoms with Crippen molar-refractivity contribution in [2.24, 2.45) is 0 Å². The van der Waals surface area contributed by atoms with Gasteiger partial charge in [-0.05, 0) is 55.8 Å². The fourth-order valence-electron chi connectivity index (χ4n) is 2.54. The molecule has 0 saturated carbocycles. The van der Waals surface area contributed by atoms with Gasteiger partial charge < -0.3 is 15.4 Å². The van der Waals surface area contributed by atoms with Crippen LogP contribution in [0.2, 0.25) is 0 Å². The largest absolute Gasteiger partial charge is 0.494 e. The highest BCUT2D eigenvalue weighted by Gasteiger charge is 2.10. The van der Waals surface area contributed by atoms with Crippen molar-refractivity contribution in [2.75, 3.05) is 17.2 Å². The Kier molecular flexibility index (Phi) is 6.03. The number of anilines is 2. The number of nitrogens with zero attached hydrogens (tertiary/aromatic N) is 1. The van der Waals surface area contributed by atoms with Gasteiger partial charge in [-0.1, -0.05) is 18.3 Å². The number of hydrogen-bond acceptors (Lipinski definition) is 5. The molecule has 3 aromatic rings. The van der Waals surface area contributed by atoms with E-state index in [4.69, 9.17) is 4.74 Å². The Hall–Kier alpha value is -2.93. The SMILES string of the molecule is CCCC(=O)Nc1nc2cc(NC(=O)c3ccc(OCC)cc3)ccc2s1. The van der Waals surface area contributed by atoms with E-state index in [1.54, 1.807) is 30.3 Å². The minimum atomic E-state index is -0.205. The minimum absolute atomic E-state index is 0.0411. The Morgan fingerprint density at radius 2 is 1.85 bits per heavy atom. The molecule has 2 amide bonds. The highest BCUT2D eigenvalue weighted by atomic mass is 32.1. The Labute approximate surface area is 161 Å². The number of rotatable bonds is 7. The van der Waals surface area contributed by atoms with Crippen LogP contribution in [0.4, 0.5) is 10.8 Å². The highest BCUT2D eigenvalue weighted by molar-refractivity contribution is 7.22. The lowest BCUT2D eigenvalue weighted by atomic mass is 10.2. The number of ether oxygens (including phenoxy) is 1. The van der Waals surface area contributed by atoms with Crippen LogP contribution in [0.15, 0.2) is 42.5 Å². The van der Waals surface area contributed by atoms with Gasteiger partial charge in [0.15, 0.2) is 5.13 Å². The molecule has 0 aliphatic carbocycles. The predicted molar refractivity (Wildman–Crippen MR) is 109 cm³/mol. The first-order valence-electron chi connectivity index (χ1n) is 8.83. The summed E-state index contributed by atoms with van der Waals surface area (Å²) in [5, 5.41) is 6.24. The Bertz CT molecular complexity index is 951. The van der Waals surface area contributed by atoms with Gasteiger partial charge in [-0.25, -0.2) is 4.98 Å². The molecule has 0 spiro atoms. The van der Waals surface area contributed by atoms with E-state index in [0.29, 0.717) is 29.4 Å². The van der Waals surface area contributed by atoms with Crippen molar-refractivity contribution in [3.05, 3.63) is 48.0 Å². The van der Waals surface area contributed by atoms with E-state index in [0.717, 1.165) is 22.4 Å². The maximum absolute atomic E-state index is 12.4. The van der Waals surface area contributed by atoms with Crippen LogP contribution in [0.3, 0.4) is 0 Å². The zero-order chi connectivity index (χ0) is 19.2. The summed E-state index contributed by atoms with van der Waals surface area (Å²) >= 11 is 1.41. The van der Waals surface area contributed by atoms with E-state index >= 15 is 0 Å². The van der Waals surface area contributed by atoms with Crippen LogP contribution in [0.25, 0.3) is 10.2 Å². The van der Waals surface area contributed by atoms with Crippen LogP contribution >= 0.6 is 11.3 Å². The third-order valence-corrected chi connectivity index (χ3v) is 4.75. The molecular formula is C20H21N3O3S. The second kappa shape index (κ2) is 8.64. The summed E-state index contributed by atoms with van der Waals surface area (Å²) in [4.78, 5) is 28.6. The predicted octanol–water partition coefficient (Wildman–Crippen LogP) is 4.69. The van der Waals surface area contributed by atoms with Crippen molar-refractivity contribution in [1.29, 1.82) is 0 Å². The minimum Gasteiger partial charge on any atom is -0.494 e. The first kappa shape index (κ1) is 18.8. The Morgan fingerprint density at radius 3 is 2.56 bits per heavy atom. The quantitative estimate of drug-likeness (QED) is 0.620. The zero-order valence-electron chi connectivity index (χ0n) is 15.2. The Balaban J connectivity index is 1.71. The first-order chi connectivity index (χ1) is 13.1. The molecule has 7 heteroatoms. The molecule has 1 aromatic heterocycles. The highest BCUT2D eigenvalue weighted by Crippen LogP contribution is 2.28. The van der Waals surface area contributed by atoms with Gasteiger partial charge in [0.1, 0.15) is 5.75 Å². The first-order valence-corrected chi connectivity index (χ1v) is 9.65. The topological polar surface area (TPSA) is 80.3 Å². The van der Waals surface area contributed by atoms with E-state index in [-0.39, 0.29) is 11.8 Å². The van der Waals surface area contributed by atoms with Crippen molar-refractivity contribution in [1.82, 2.24) is 4.98 Å². The molecule has 27 heavy (non-hydrogen) atoms. The molecule has 1 heterocycles. The second-order valence-corrected chi connectivity index (χ2v) is 6.94. The summed E-state index contributed by atoms with van der Waals surface area (Å²) in [5.41, 5.74) is 1.93. The number of thiazole rings is 1. The number of amides is 2. The summed E-state index contributed by atoms with van der Waals surface area (Å²) in [6.45, 7) is 4.45. The van der Waals surface area contributed by atoms with Gasteiger partial charge in [0.25, 0.3) is 5.91 Å². The van der Waals surface area contributed by atoms with Gasteiger partial charge in [0.05, 0.1) is 16.8 Å². The molecule has 0 bridgehead atoms. The van der Waals surface area contributed by atoms with E-state index in [2.05, 4.69) is 15.6 Å². The molecule has 0 unspecified atom stereocenters. The number of benzene rings is 2. The summed E-state index contributed by atoms with van der Waals surface area (Å²) in [5.74, 6) is 0.486. The van der Waals surface area contributed by atoms with E-state index in [1.807, 2.05) is 26.0 Å². The fraction of sp³-hybridized carbons (Fsp3) is 0.250. The van der Waals surface area contributed by atoms with Crippen LogP contribution in [0.5, 0.6) is 5.75 Å². The summed E-state index contributed by atoms with van der Waals surface area (Å²) < 4.78 is 6.33. The van der Waals surface area contributed by atoms with Crippen molar-refractivity contribution in [2.45, 2.75) is 26.7 Å². The molecule has 2 N–H and O–H groups in total. The molecule has 0 saturated heterocycles. The number of aromatic nitrogens is 1. The average Bonchev–Trinajstić information content (AvgIpc) is 3.04. The van der Waals surface area contributed by atoms with Gasteiger partial charge in [-0.2, -0.15) is 0 Å². The van der Waals surface area contributed by atoms with Gasteiger partial charge in [0, 0.05) is 17.7 Å². The summed E-state index contributed by atoms with van der Waals surface area (Å²) in [7, 11) is 0. The number of carbonyl (C=O) groups excluding carboxylic acids is 2. The fourth-order valence-corrected chi connectivity index (χ4v) is 3.40. The van der Waals surface area contributed by atoms with Crippen LogP contribution in [-0.4, -0.2) is 23.4 Å². The number of hydrogen-bond donors (Lipinski definition) is 2. The molecule has 0 radical (unpaired) electrons. The van der Waals surface area contributed by atoms with Crippen molar-refractivity contribution in [3.8, 4) is 5.75 Å². The molecule has 3 rings (SSSR count). The van der Waals surface area contributed by atoms with Gasteiger partial charge >= 0.3 is 0 Å². The average molecular weight is 383 g/mol. The normalized spacial score (nSPS) is 10.6. The van der Waals surface area contributed by atoms with Crippen molar-refractivity contribution >= 4 is 44.2 Å². The monoisotopic (exact) mass is 383 g/mol. The van der Waals surface area contributed by atoms with Crippen molar-refractivity contribution in [3.63, 3.8) is 0 Å². The summed E-state index contributed by atoms with van der Waals surface area (Å²) in [6, 6.07) is 12.5. The number of fused-ring (bicyclic) bond motifs is 1. The van der Waals surface area contributed by atoms with Gasteiger partial charge in [0.2, 0.25) is 5.91 Å². The Morgan fingerprint density at radius 1 is 1.07 bits per heavy atom. The second-order valence-electron chi connectivity index (χ2n) is 5.91. The molecule has 140 valence electrons. The van der Waals surface area contributed by atoms with Crippen LogP contribution < -0.4 is 15.4 Å². The lowest BCUT2D eigenvalue weighted by Gasteiger charge is -2.07. The van der Waals surface area contributed by atoms with Gasteiger partial charge in [-0.3, -0.25) is 9.59 Å². The molecule has 0 atom stereocenters. The van der Waals surface area contributed by atoms with Gasteiger partial charge in [-0.15, -0.1) is 0 Å².